The van der Waals surface area contributed by atoms with E-state index in [9.17, 15) is 14.4 Å². The Bertz CT molecular complexity index is 1020. The molecule has 2 N–H and O–H groups in total. The Balaban J connectivity index is 1.61. The maximum atomic E-state index is 12.0. The minimum atomic E-state index is -1.10. The normalized spacial score (nSPS) is 10.3. The van der Waals surface area contributed by atoms with Gasteiger partial charge in [-0.25, -0.2) is 4.79 Å². The van der Waals surface area contributed by atoms with Crippen LogP contribution in [0.4, 0.5) is 5.69 Å². The van der Waals surface area contributed by atoms with E-state index in [1.54, 1.807) is 23.6 Å². The van der Waals surface area contributed by atoms with Gasteiger partial charge in [0.05, 0.1) is 11.3 Å². The fourth-order valence-electron chi connectivity index (χ4n) is 2.56. The van der Waals surface area contributed by atoms with Gasteiger partial charge in [-0.15, -0.1) is 11.3 Å². The molecule has 0 radical (unpaired) electrons. The predicted molar refractivity (Wildman–Crippen MR) is 107 cm³/mol. The van der Waals surface area contributed by atoms with Crippen molar-refractivity contribution < 1.29 is 24.2 Å². The standard InChI is InChI=1S/C21H17NO5S/c1-13(23)15-3-2-4-16(9-15)14-5-7-17(8-6-14)27-10-20(24)22-19-12-28-11-18(19)21(25)26/h2-9,11-12H,10H2,1H3,(H,22,24)(H,25,26). The molecule has 0 atom stereocenters. The lowest BCUT2D eigenvalue weighted by atomic mass is 10.0. The molecule has 0 aliphatic carbocycles. The summed E-state index contributed by atoms with van der Waals surface area (Å²) < 4.78 is 5.46. The first-order chi connectivity index (χ1) is 13.4. The second-order valence-electron chi connectivity index (χ2n) is 6.00. The molecule has 28 heavy (non-hydrogen) atoms. The maximum Gasteiger partial charge on any atom is 0.338 e. The number of aromatic carboxylic acids is 1. The van der Waals surface area contributed by atoms with E-state index in [4.69, 9.17) is 9.84 Å². The highest BCUT2D eigenvalue weighted by Gasteiger charge is 2.13. The average Bonchev–Trinajstić information content (AvgIpc) is 3.15. The van der Waals surface area contributed by atoms with Crippen molar-refractivity contribution in [1.82, 2.24) is 0 Å². The van der Waals surface area contributed by atoms with E-state index in [1.165, 1.54) is 23.6 Å². The minimum absolute atomic E-state index is 0.00416. The Hall–Kier alpha value is -3.45. The first-order valence-corrected chi connectivity index (χ1v) is 9.32. The smallest absolute Gasteiger partial charge is 0.338 e. The molecule has 142 valence electrons. The van der Waals surface area contributed by atoms with Crippen LogP contribution in [-0.4, -0.2) is 29.4 Å². The Morgan fingerprint density at radius 1 is 1.04 bits per heavy atom. The van der Waals surface area contributed by atoms with E-state index in [0.29, 0.717) is 11.3 Å². The third-order valence-corrected chi connectivity index (χ3v) is 4.74. The number of carbonyl (C=O) groups excluding carboxylic acids is 2. The van der Waals surface area contributed by atoms with E-state index in [2.05, 4.69) is 5.32 Å². The summed E-state index contributed by atoms with van der Waals surface area (Å²) in [5.41, 5.74) is 2.78. The van der Waals surface area contributed by atoms with Gasteiger partial charge in [-0.1, -0.05) is 30.3 Å². The summed E-state index contributed by atoms with van der Waals surface area (Å²) in [6.45, 7) is 1.28. The third kappa shape index (κ3) is 4.63. The van der Waals surface area contributed by atoms with Gasteiger partial charge in [0.2, 0.25) is 0 Å². The van der Waals surface area contributed by atoms with Crippen LogP contribution in [0.1, 0.15) is 27.6 Å². The predicted octanol–water partition coefficient (Wildman–Crippen LogP) is 4.33. The van der Waals surface area contributed by atoms with E-state index in [0.717, 1.165) is 11.1 Å². The number of rotatable bonds is 7. The van der Waals surface area contributed by atoms with Crippen molar-refractivity contribution in [3.8, 4) is 16.9 Å². The van der Waals surface area contributed by atoms with Crippen molar-refractivity contribution in [2.45, 2.75) is 6.92 Å². The van der Waals surface area contributed by atoms with E-state index in [1.807, 2.05) is 30.3 Å². The van der Waals surface area contributed by atoms with Crippen LogP contribution in [0, 0.1) is 0 Å². The van der Waals surface area contributed by atoms with Crippen molar-refractivity contribution in [2.75, 3.05) is 11.9 Å². The van der Waals surface area contributed by atoms with Crippen LogP contribution in [0.5, 0.6) is 5.75 Å². The first kappa shape index (κ1) is 19.3. The number of anilines is 1. The summed E-state index contributed by atoms with van der Waals surface area (Å²) in [5.74, 6) is -1.03. The van der Waals surface area contributed by atoms with Gasteiger partial charge in [-0.2, -0.15) is 0 Å². The quantitative estimate of drug-likeness (QED) is 0.581. The van der Waals surface area contributed by atoms with Crippen LogP contribution in [0.25, 0.3) is 11.1 Å². The summed E-state index contributed by atoms with van der Waals surface area (Å²) in [5, 5.41) is 14.6. The number of ether oxygens (including phenoxy) is 1. The minimum Gasteiger partial charge on any atom is -0.484 e. The molecule has 0 saturated carbocycles. The van der Waals surface area contributed by atoms with E-state index < -0.39 is 11.9 Å². The third-order valence-electron chi connectivity index (χ3n) is 3.99. The van der Waals surface area contributed by atoms with Crippen LogP contribution in [0.15, 0.2) is 59.3 Å². The molecule has 0 spiro atoms. The molecule has 0 unspecified atom stereocenters. The molecule has 0 fully saturated rings. The SMILES string of the molecule is CC(=O)c1cccc(-c2ccc(OCC(=O)Nc3cscc3C(=O)O)cc2)c1. The van der Waals surface area contributed by atoms with Gasteiger partial charge in [0.1, 0.15) is 5.75 Å². The van der Waals surface area contributed by atoms with Crippen molar-refractivity contribution in [2.24, 2.45) is 0 Å². The fourth-order valence-corrected chi connectivity index (χ4v) is 3.31. The average molecular weight is 395 g/mol. The second-order valence-corrected chi connectivity index (χ2v) is 6.75. The highest BCUT2D eigenvalue weighted by atomic mass is 32.1. The lowest BCUT2D eigenvalue weighted by Gasteiger charge is -2.09. The highest BCUT2D eigenvalue weighted by Crippen LogP contribution is 2.24. The number of hydrogen-bond acceptors (Lipinski definition) is 5. The van der Waals surface area contributed by atoms with Gasteiger partial charge in [0, 0.05) is 16.3 Å². The first-order valence-electron chi connectivity index (χ1n) is 8.37. The Morgan fingerprint density at radius 3 is 2.46 bits per heavy atom. The summed E-state index contributed by atoms with van der Waals surface area (Å²) in [7, 11) is 0. The zero-order chi connectivity index (χ0) is 20.1. The molecule has 1 heterocycles. The largest absolute Gasteiger partial charge is 0.484 e. The number of Topliss-reactive ketones (excluding diaryl/α,β-unsaturated/α-hetero) is 1. The van der Waals surface area contributed by atoms with Crippen molar-refractivity contribution >= 4 is 34.7 Å². The summed E-state index contributed by atoms with van der Waals surface area (Å²) in [4.78, 5) is 34.6. The monoisotopic (exact) mass is 395 g/mol. The number of carboxylic acid groups (broad SMARTS) is 1. The molecular formula is C21H17NO5S. The molecular weight excluding hydrogens is 378 g/mol. The van der Waals surface area contributed by atoms with Crippen molar-refractivity contribution in [3.05, 3.63) is 70.4 Å². The molecule has 0 saturated heterocycles. The number of thiophene rings is 1. The Morgan fingerprint density at radius 2 is 1.79 bits per heavy atom. The van der Waals surface area contributed by atoms with E-state index >= 15 is 0 Å². The molecule has 1 aromatic heterocycles. The zero-order valence-corrected chi connectivity index (χ0v) is 15.8. The highest BCUT2D eigenvalue weighted by molar-refractivity contribution is 7.08. The van der Waals surface area contributed by atoms with Gasteiger partial charge >= 0.3 is 5.97 Å². The summed E-state index contributed by atoms with van der Waals surface area (Å²) in [6.07, 6.45) is 0. The number of nitrogens with one attached hydrogen (secondary N) is 1. The maximum absolute atomic E-state index is 12.0. The van der Waals surface area contributed by atoms with Crippen LogP contribution >= 0.6 is 11.3 Å². The fraction of sp³-hybridized carbons (Fsp3) is 0.0952. The van der Waals surface area contributed by atoms with Crippen LogP contribution in [0.3, 0.4) is 0 Å². The van der Waals surface area contributed by atoms with Crippen LogP contribution in [-0.2, 0) is 4.79 Å². The molecule has 2 aromatic carbocycles. The number of carbonyl (C=O) groups is 3. The Labute approximate surface area is 165 Å². The molecule has 3 aromatic rings. The number of carboxylic acids is 1. The molecule has 0 bridgehead atoms. The summed E-state index contributed by atoms with van der Waals surface area (Å²) >= 11 is 1.20. The van der Waals surface area contributed by atoms with Gasteiger partial charge in [0.15, 0.2) is 12.4 Å². The van der Waals surface area contributed by atoms with Gasteiger partial charge < -0.3 is 15.2 Å². The molecule has 7 heteroatoms. The lowest BCUT2D eigenvalue weighted by molar-refractivity contribution is -0.118. The topological polar surface area (TPSA) is 92.7 Å². The number of ketones is 1. The molecule has 1 amide bonds. The van der Waals surface area contributed by atoms with Gasteiger partial charge in [0.25, 0.3) is 5.91 Å². The van der Waals surface area contributed by atoms with E-state index in [-0.39, 0.29) is 23.6 Å². The molecule has 0 aliphatic heterocycles. The molecule has 3 rings (SSSR count). The number of benzene rings is 2. The molecule has 0 aliphatic rings. The van der Waals surface area contributed by atoms with Crippen LogP contribution < -0.4 is 10.1 Å². The van der Waals surface area contributed by atoms with Crippen LogP contribution in [0.2, 0.25) is 0 Å². The van der Waals surface area contributed by atoms with Gasteiger partial charge in [-0.05, 0) is 36.2 Å². The molecule has 6 nitrogen and oxygen atoms in total. The second kappa shape index (κ2) is 8.49. The zero-order valence-electron chi connectivity index (χ0n) is 15.0. The number of hydrogen-bond donors (Lipinski definition) is 2. The van der Waals surface area contributed by atoms with Crippen molar-refractivity contribution in [3.63, 3.8) is 0 Å². The summed E-state index contributed by atoms with van der Waals surface area (Å²) in [6, 6.07) is 14.5. The number of amides is 1. The Kier molecular flexibility index (Phi) is 5.86. The lowest BCUT2D eigenvalue weighted by Crippen LogP contribution is -2.21. The van der Waals surface area contributed by atoms with Gasteiger partial charge in [-0.3, -0.25) is 9.59 Å². The van der Waals surface area contributed by atoms with Crippen molar-refractivity contribution in [1.29, 1.82) is 0 Å².